The fraction of sp³-hybridized carbons (Fsp3) is 0.409. The monoisotopic (exact) mass is 468 g/mol. The summed E-state index contributed by atoms with van der Waals surface area (Å²) in [5.41, 5.74) is 1.50. The third-order valence-electron chi connectivity index (χ3n) is 5.43. The summed E-state index contributed by atoms with van der Waals surface area (Å²) in [4.78, 5) is 26.8. The van der Waals surface area contributed by atoms with Crippen molar-refractivity contribution >= 4 is 27.7 Å². The molecule has 0 saturated carbocycles. The molecule has 1 N–H and O–H groups in total. The molecule has 0 amide bonds. The van der Waals surface area contributed by atoms with Gasteiger partial charge in [-0.15, -0.1) is 0 Å². The summed E-state index contributed by atoms with van der Waals surface area (Å²) >= 11 is 0. The van der Waals surface area contributed by atoms with Crippen LogP contribution in [0.1, 0.15) is 24.0 Å². The Morgan fingerprint density at radius 1 is 0.909 bits per heavy atom. The van der Waals surface area contributed by atoms with Crippen LogP contribution in [0.2, 0.25) is 0 Å². The number of piperazine rings is 1. The maximum absolute atomic E-state index is 13.1. The van der Waals surface area contributed by atoms with E-state index >= 15 is 0 Å². The van der Waals surface area contributed by atoms with Gasteiger partial charge in [-0.1, -0.05) is 24.6 Å². The van der Waals surface area contributed by atoms with E-state index in [9.17, 15) is 8.42 Å². The van der Waals surface area contributed by atoms with Crippen molar-refractivity contribution in [2.24, 2.45) is 0 Å². The SMILES string of the molecule is CCc1nc(Nc2nc(C)cc(S(=O)(=O)c3ccc(C)cc3)n2)nc(N2CCN(C)CC2)n1. The lowest BCUT2D eigenvalue weighted by Gasteiger charge is -2.32. The molecule has 33 heavy (non-hydrogen) atoms. The fourth-order valence-electron chi connectivity index (χ4n) is 3.44. The molecule has 3 aromatic rings. The van der Waals surface area contributed by atoms with E-state index in [0.717, 1.165) is 31.7 Å². The van der Waals surface area contributed by atoms with Gasteiger partial charge in [-0.3, -0.25) is 5.32 Å². The molecule has 1 saturated heterocycles. The molecule has 0 unspecified atom stereocenters. The van der Waals surface area contributed by atoms with Crippen molar-refractivity contribution < 1.29 is 8.42 Å². The van der Waals surface area contributed by atoms with E-state index in [4.69, 9.17) is 0 Å². The minimum Gasteiger partial charge on any atom is -0.338 e. The van der Waals surface area contributed by atoms with Crippen molar-refractivity contribution in [3.63, 3.8) is 0 Å². The number of aromatic nitrogens is 5. The van der Waals surface area contributed by atoms with Gasteiger partial charge in [0.2, 0.25) is 27.7 Å². The quantitative estimate of drug-likeness (QED) is 0.539. The molecule has 10 nitrogen and oxygen atoms in total. The minimum atomic E-state index is -3.79. The first-order valence-corrected chi connectivity index (χ1v) is 12.4. The van der Waals surface area contributed by atoms with Gasteiger partial charge in [0.15, 0.2) is 5.03 Å². The molecule has 0 bridgehead atoms. The second kappa shape index (κ2) is 9.36. The van der Waals surface area contributed by atoms with E-state index in [1.54, 1.807) is 31.2 Å². The van der Waals surface area contributed by atoms with E-state index in [1.165, 1.54) is 6.07 Å². The molecule has 1 aliphatic rings. The number of hydrogen-bond donors (Lipinski definition) is 1. The third-order valence-corrected chi connectivity index (χ3v) is 7.09. The Bertz CT molecular complexity index is 1240. The molecular weight excluding hydrogens is 440 g/mol. The van der Waals surface area contributed by atoms with Gasteiger partial charge in [0.25, 0.3) is 0 Å². The smallest absolute Gasteiger partial charge is 0.234 e. The summed E-state index contributed by atoms with van der Waals surface area (Å²) in [7, 11) is -1.70. The number of aryl methyl sites for hydroxylation is 3. The van der Waals surface area contributed by atoms with Crippen LogP contribution in [0.4, 0.5) is 17.8 Å². The lowest BCUT2D eigenvalue weighted by Crippen LogP contribution is -2.45. The number of nitrogens with zero attached hydrogens (tertiary/aromatic N) is 7. The van der Waals surface area contributed by atoms with E-state index in [0.29, 0.717) is 29.8 Å². The van der Waals surface area contributed by atoms with Crippen LogP contribution in [0, 0.1) is 13.8 Å². The summed E-state index contributed by atoms with van der Waals surface area (Å²) in [6.45, 7) is 9.10. The molecule has 1 fully saturated rings. The molecule has 0 atom stereocenters. The topological polar surface area (TPSA) is 117 Å². The van der Waals surface area contributed by atoms with Gasteiger partial charge in [0, 0.05) is 38.3 Å². The lowest BCUT2D eigenvalue weighted by atomic mass is 10.2. The highest BCUT2D eigenvalue weighted by Crippen LogP contribution is 2.22. The Hall–Kier alpha value is -3.18. The molecule has 11 heteroatoms. The molecule has 3 heterocycles. The molecule has 2 aromatic heterocycles. The zero-order valence-corrected chi connectivity index (χ0v) is 20.1. The second-order valence-corrected chi connectivity index (χ2v) is 10.0. The van der Waals surface area contributed by atoms with E-state index in [1.807, 2.05) is 13.8 Å². The number of nitrogens with one attached hydrogen (secondary N) is 1. The third kappa shape index (κ3) is 5.25. The predicted octanol–water partition coefficient (Wildman–Crippen LogP) is 2.17. The van der Waals surface area contributed by atoms with Gasteiger partial charge in [-0.2, -0.15) is 15.0 Å². The Morgan fingerprint density at radius 2 is 1.58 bits per heavy atom. The minimum absolute atomic E-state index is 0.0783. The van der Waals surface area contributed by atoms with Crippen LogP contribution < -0.4 is 10.2 Å². The average molecular weight is 469 g/mol. The van der Waals surface area contributed by atoms with Crippen LogP contribution in [0.15, 0.2) is 40.3 Å². The average Bonchev–Trinajstić information content (AvgIpc) is 2.79. The number of likely N-dealkylation sites (N-methyl/N-ethyl adjacent to an activating group) is 1. The number of hydrogen-bond acceptors (Lipinski definition) is 10. The van der Waals surface area contributed by atoms with E-state index in [2.05, 4.69) is 47.1 Å². The zero-order valence-electron chi connectivity index (χ0n) is 19.3. The van der Waals surface area contributed by atoms with Gasteiger partial charge < -0.3 is 9.80 Å². The first-order chi connectivity index (χ1) is 15.7. The first-order valence-electron chi connectivity index (χ1n) is 10.9. The van der Waals surface area contributed by atoms with Crippen molar-refractivity contribution in [1.82, 2.24) is 29.8 Å². The number of anilines is 3. The maximum atomic E-state index is 13.1. The Labute approximate surface area is 194 Å². The second-order valence-electron chi connectivity index (χ2n) is 8.13. The molecule has 4 rings (SSSR count). The van der Waals surface area contributed by atoms with Gasteiger partial charge in [-0.25, -0.2) is 18.4 Å². The highest BCUT2D eigenvalue weighted by molar-refractivity contribution is 7.91. The van der Waals surface area contributed by atoms with Crippen molar-refractivity contribution in [3.8, 4) is 0 Å². The molecule has 174 valence electrons. The Morgan fingerprint density at radius 3 is 2.24 bits per heavy atom. The van der Waals surface area contributed by atoms with Crippen LogP contribution in [0.25, 0.3) is 0 Å². The van der Waals surface area contributed by atoms with Gasteiger partial charge >= 0.3 is 0 Å². The molecular formula is C22H28N8O2S. The molecule has 0 radical (unpaired) electrons. The lowest BCUT2D eigenvalue weighted by molar-refractivity contribution is 0.311. The molecule has 0 aliphatic carbocycles. The molecule has 0 spiro atoms. The largest absolute Gasteiger partial charge is 0.338 e. The highest BCUT2D eigenvalue weighted by atomic mass is 32.2. The van der Waals surface area contributed by atoms with Crippen molar-refractivity contribution in [3.05, 3.63) is 47.4 Å². The Balaban J connectivity index is 1.65. The number of benzene rings is 1. The molecule has 1 aromatic carbocycles. The van der Waals surface area contributed by atoms with Crippen LogP contribution >= 0.6 is 0 Å². The van der Waals surface area contributed by atoms with Crippen LogP contribution in [-0.4, -0.2) is 71.5 Å². The normalized spacial score (nSPS) is 15.0. The van der Waals surface area contributed by atoms with Crippen molar-refractivity contribution in [2.45, 2.75) is 37.1 Å². The summed E-state index contributed by atoms with van der Waals surface area (Å²) in [5, 5.41) is 2.92. The highest BCUT2D eigenvalue weighted by Gasteiger charge is 2.22. The summed E-state index contributed by atoms with van der Waals surface area (Å²) < 4.78 is 26.2. The fourth-order valence-corrected chi connectivity index (χ4v) is 4.71. The van der Waals surface area contributed by atoms with Crippen LogP contribution in [-0.2, 0) is 16.3 Å². The van der Waals surface area contributed by atoms with Gasteiger partial charge in [0.05, 0.1) is 4.90 Å². The maximum Gasteiger partial charge on any atom is 0.234 e. The van der Waals surface area contributed by atoms with Crippen molar-refractivity contribution in [2.75, 3.05) is 43.4 Å². The molecule has 1 aliphatic heterocycles. The van der Waals surface area contributed by atoms with Crippen LogP contribution in [0.5, 0.6) is 0 Å². The zero-order chi connectivity index (χ0) is 23.6. The first kappa shape index (κ1) is 23.0. The number of sulfone groups is 1. The summed E-state index contributed by atoms with van der Waals surface area (Å²) in [6, 6.07) is 8.14. The Kier molecular flexibility index (Phi) is 6.52. The van der Waals surface area contributed by atoms with Crippen LogP contribution in [0.3, 0.4) is 0 Å². The predicted molar refractivity (Wildman–Crippen MR) is 126 cm³/mol. The summed E-state index contributed by atoms with van der Waals surface area (Å²) in [5.74, 6) is 1.65. The van der Waals surface area contributed by atoms with Gasteiger partial charge in [0.1, 0.15) is 5.82 Å². The van der Waals surface area contributed by atoms with Gasteiger partial charge in [-0.05, 0) is 39.1 Å². The van der Waals surface area contributed by atoms with E-state index in [-0.39, 0.29) is 15.9 Å². The number of rotatable bonds is 6. The van der Waals surface area contributed by atoms with Crippen molar-refractivity contribution in [1.29, 1.82) is 0 Å². The summed E-state index contributed by atoms with van der Waals surface area (Å²) in [6.07, 6.45) is 0.639. The standard InChI is InChI=1S/C22H28N8O2S/c1-5-18-24-21(28-22(25-18)30-12-10-29(4)11-13-30)27-20-23-16(3)14-19(26-20)33(31,32)17-8-6-15(2)7-9-17/h6-9,14H,5,10-13H2,1-4H3,(H,23,24,25,26,27,28). The van der Waals surface area contributed by atoms with E-state index < -0.39 is 9.84 Å².